The molecule has 0 atom stereocenters. The zero-order valence-electron chi connectivity index (χ0n) is 9.92. The van der Waals surface area contributed by atoms with Crippen molar-refractivity contribution < 1.29 is 13.3 Å². The third-order valence-electron chi connectivity index (χ3n) is 2.27. The van der Waals surface area contributed by atoms with E-state index < -0.39 is 14.9 Å². The molecule has 0 saturated carbocycles. The Hall–Kier alpha value is -1.67. The number of rotatable bonds is 6. The van der Waals surface area contributed by atoms with Crippen LogP contribution in [0.3, 0.4) is 0 Å². The van der Waals surface area contributed by atoms with Gasteiger partial charge >= 0.3 is 0 Å². The Morgan fingerprint density at radius 1 is 1.44 bits per heavy atom. The van der Waals surface area contributed by atoms with Crippen molar-refractivity contribution in [2.75, 3.05) is 17.6 Å². The van der Waals surface area contributed by atoms with Gasteiger partial charge in [-0.25, -0.2) is 13.6 Å². The van der Waals surface area contributed by atoms with E-state index in [1.807, 2.05) is 6.92 Å². The van der Waals surface area contributed by atoms with E-state index in [2.05, 4.69) is 5.32 Å². The van der Waals surface area contributed by atoms with Gasteiger partial charge in [0.05, 0.1) is 10.7 Å². The van der Waals surface area contributed by atoms with Crippen LogP contribution in [0.4, 0.5) is 11.4 Å². The molecule has 3 N–H and O–H groups in total. The minimum absolute atomic E-state index is 0.0313. The summed E-state index contributed by atoms with van der Waals surface area (Å²) in [4.78, 5) is 10.3. The highest BCUT2D eigenvalue weighted by Crippen LogP contribution is 2.24. The van der Waals surface area contributed by atoms with Crippen molar-refractivity contribution in [3.63, 3.8) is 0 Å². The van der Waals surface area contributed by atoms with Crippen molar-refractivity contribution in [2.45, 2.75) is 13.3 Å². The van der Waals surface area contributed by atoms with Gasteiger partial charge in [0, 0.05) is 12.6 Å². The number of hydrogen-bond donors (Lipinski definition) is 2. The quantitative estimate of drug-likeness (QED) is 0.455. The SMILES string of the molecule is Cc1ccc([N+](=O)[O-])c(NCCCS(N)(=O)=O)c1. The van der Waals surface area contributed by atoms with Gasteiger partial charge in [-0.1, -0.05) is 6.07 Å². The topological polar surface area (TPSA) is 115 Å². The van der Waals surface area contributed by atoms with Gasteiger partial charge in [-0.3, -0.25) is 10.1 Å². The number of nitrogens with two attached hydrogens (primary N) is 1. The Morgan fingerprint density at radius 3 is 2.67 bits per heavy atom. The molecule has 1 aromatic carbocycles. The Labute approximate surface area is 105 Å². The van der Waals surface area contributed by atoms with Crippen LogP contribution in [0.1, 0.15) is 12.0 Å². The van der Waals surface area contributed by atoms with Gasteiger partial charge in [-0.05, 0) is 25.0 Å². The smallest absolute Gasteiger partial charge is 0.292 e. The standard InChI is InChI=1S/C10H15N3O4S/c1-8-3-4-10(13(14)15)9(7-8)12-5-2-6-18(11,16)17/h3-4,7,12H,2,5-6H2,1H3,(H2,11,16,17). The molecular formula is C10H15N3O4S. The normalized spacial score (nSPS) is 11.2. The summed E-state index contributed by atoms with van der Waals surface area (Å²) in [7, 11) is -3.49. The van der Waals surface area contributed by atoms with E-state index in [1.54, 1.807) is 12.1 Å². The molecule has 0 saturated heterocycles. The number of benzene rings is 1. The van der Waals surface area contributed by atoms with Gasteiger partial charge in [-0.2, -0.15) is 0 Å². The number of nitrogens with one attached hydrogen (secondary N) is 1. The van der Waals surface area contributed by atoms with Crippen molar-refractivity contribution in [3.8, 4) is 0 Å². The second kappa shape index (κ2) is 5.78. The molecule has 0 fully saturated rings. The number of hydrogen-bond acceptors (Lipinski definition) is 5. The number of primary sulfonamides is 1. The third kappa shape index (κ3) is 4.68. The minimum Gasteiger partial charge on any atom is -0.379 e. The molecule has 0 aliphatic carbocycles. The number of anilines is 1. The van der Waals surface area contributed by atoms with Crippen LogP contribution in [0.2, 0.25) is 0 Å². The highest BCUT2D eigenvalue weighted by atomic mass is 32.2. The Bertz CT molecular complexity index is 542. The molecular weight excluding hydrogens is 258 g/mol. The van der Waals surface area contributed by atoms with E-state index >= 15 is 0 Å². The molecule has 0 spiro atoms. The molecule has 0 unspecified atom stereocenters. The molecule has 0 amide bonds. The largest absolute Gasteiger partial charge is 0.379 e. The maximum Gasteiger partial charge on any atom is 0.292 e. The second-order valence-electron chi connectivity index (χ2n) is 3.93. The molecule has 0 aliphatic heterocycles. The van der Waals surface area contributed by atoms with Gasteiger partial charge in [0.2, 0.25) is 10.0 Å². The van der Waals surface area contributed by atoms with Gasteiger partial charge in [-0.15, -0.1) is 0 Å². The lowest BCUT2D eigenvalue weighted by Crippen LogP contribution is -2.18. The second-order valence-corrected chi connectivity index (χ2v) is 5.66. The van der Waals surface area contributed by atoms with Gasteiger partial charge < -0.3 is 5.32 Å². The van der Waals surface area contributed by atoms with Crippen molar-refractivity contribution in [1.82, 2.24) is 0 Å². The molecule has 18 heavy (non-hydrogen) atoms. The first kappa shape index (κ1) is 14.4. The van der Waals surface area contributed by atoms with Gasteiger partial charge in [0.25, 0.3) is 5.69 Å². The predicted molar refractivity (Wildman–Crippen MR) is 68.9 cm³/mol. The molecule has 1 rings (SSSR count). The molecule has 100 valence electrons. The Balaban J connectivity index is 2.66. The molecule has 0 radical (unpaired) electrons. The number of sulfonamides is 1. The molecule has 0 heterocycles. The summed E-state index contributed by atoms with van der Waals surface area (Å²) in [6, 6.07) is 4.71. The number of nitrogens with zero attached hydrogens (tertiary/aromatic N) is 1. The Morgan fingerprint density at radius 2 is 2.11 bits per heavy atom. The molecule has 7 nitrogen and oxygen atoms in total. The van der Waals surface area contributed by atoms with Crippen LogP contribution in [0.15, 0.2) is 18.2 Å². The van der Waals surface area contributed by atoms with E-state index in [9.17, 15) is 18.5 Å². The first-order valence-corrected chi connectivity index (χ1v) is 7.00. The molecule has 0 aliphatic rings. The average Bonchev–Trinajstić information content (AvgIpc) is 2.22. The summed E-state index contributed by atoms with van der Waals surface area (Å²) in [5, 5.41) is 18.5. The van der Waals surface area contributed by atoms with Crippen LogP contribution >= 0.6 is 0 Å². The van der Waals surface area contributed by atoms with Crippen molar-refractivity contribution >= 4 is 21.4 Å². The summed E-state index contributed by atoms with van der Waals surface area (Å²) in [6.45, 7) is 2.12. The summed E-state index contributed by atoms with van der Waals surface area (Å²) >= 11 is 0. The van der Waals surface area contributed by atoms with Crippen molar-refractivity contribution in [1.29, 1.82) is 0 Å². The fraction of sp³-hybridized carbons (Fsp3) is 0.400. The van der Waals surface area contributed by atoms with Gasteiger partial charge in [0.1, 0.15) is 5.69 Å². The van der Waals surface area contributed by atoms with Crippen molar-refractivity contribution in [2.24, 2.45) is 5.14 Å². The van der Waals surface area contributed by atoms with Gasteiger partial charge in [0.15, 0.2) is 0 Å². The van der Waals surface area contributed by atoms with Crippen LogP contribution in [-0.2, 0) is 10.0 Å². The molecule has 1 aromatic rings. The maximum atomic E-state index is 10.8. The number of nitro benzene ring substituents is 1. The van der Waals surface area contributed by atoms with E-state index in [0.717, 1.165) is 5.56 Å². The lowest BCUT2D eigenvalue weighted by atomic mass is 10.2. The number of nitro groups is 1. The van der Waals surface area contributed by atoms with Crippen molar-refractivity contribution in [3.05, 3.63) is 33.9 Å². The highest BCUT2D eigenvalue weighted by molar-refractivity contribution is 7.89. The zero-order valence-corrected chi connectivity index (χ0v) is 10.7. The summed E-state index contributed by atoms with van der Waals surface area (Å²) in [6.07, 6.45) is 0.296. The van der Waals surface area contributed by atoms with Crippen LogP contribution in [-0.4, -0.2) is 25.6 Å². The first-order valence-electron chi connectivity index (χ1n) is 5.29. The minimum atomic E-state index is -3.49. The highest BCUT2D eigenvalue weighted by Gasteiger charge is 2.13. The lowest BCUT2D eigenvalue weighted by molar-refractivity contribution is -0.384. The average molecular weight is 273 g/mol. The van der Waals surface area contributed by atoms with E-state index in [4.69, 9.17) is 5.14 Å². The molecule has 8 heteroatoms. The summed E-state index contributed by atoms with van der Waals surface area (Å²) in [5.41, 5.74) is 1.24. The predicted octanol–water partition coefficient (Wildman–Crippen LogP) is 0.994. The van der Waals surface area contributed by atoms with Crippen LogP contribution in [0, 0.1) is 17.0 Å². The zero-order chi connectivity index (χ0) is 13.8. The first-order chi connectivity index (χ1) is 8.29. The monoisotopic (exact) mass is 273 g/mol. The Kier molecular flexibility index (Phi) is 4.62. The fourth-order valence-corrected chi connectivity index (χ4v) is 1.99. The van der Waals surface area contributed by atoms with E-state index in [0.29, 0.717) is 18.7 Å². The maximum absolute atomic E-state index is 10.8. The lowest BCUT2D eigenvalue weighted by Gasteiger charge is -2.07. The van der Waals surface area contributed by atoms with Crippen LogP contribution < -0.4 is 10.5 Å². The molecule has 0 bridgehead atoms. The van der Waals surface area contributed by atoms with Crippen LogP contribution in [0.5, 0.6) is 0 Å². The fourth-order valence-electron chi connectivity index (χ4n) is 1.45. The summed E-state index contributed by atoms with van der Waals surface area (Å²) < 4.78 is 21.4. The van der Waals surface area contributed by atoms with Crippen LogP contribution in [0.25, 0.3) is 0 Å². The third-order valence-corrected chi connectivity index (χ3v) is 3.13. The number of aryl methyl sites for hydroxylation is 1. The molecule has 0 aromatic heterocycles. The van der Waals surface area contributed by atoms with E-state index in [1.165, 1.54) is 6.07 Å². The van der Waals surface area contributed by atoms with E-state index in [-0.39, 0.29) is 11.4 Å². The summed E-state index contributed by atoms with van der Waals surface area (Å²) in [5.74, 6) is -0.153.